The summed E-state index contributed by atoms with van der Waals surface area (Å²) >= 11 is 0. The second-order valence-corrected chi connectivity index (χ2v) is 9.61. The maximum absolute atomic E-state index is 12.0. The topological polar surface area (TPSA) is 43.4 Å². The van der Waals surface area contributed by atoms with E-state index in [1.165, 1.54) is 45.5 Å². The summed E-state index contributed by atoms with van der Waals surface area (Å²) in [6.07, 6.45) is 12.7. The first kappa shape index (κ1) is 17.3. The van der Waals surface area contributed by atoms with Crippen LogP contribution in [-0.4, -0.2) is 19.4 Å². The summed E-state index contributed by atoms with van der Waals surface area (Å²) in [5.74, 6) is 2.92. The molecule has 25 heavy (non-hydrogen) atoms. The molecule has 0 bridgehead atoms. The largest absolute Gasteiger partial charge is 0.466 e. The number of carbonyl (C=O) groups excluding carboxylic acids is 2. The first-order valence-electron chi connectivity index (χ1n) is 10.2. The van der Waals surface area contributed by atoms with Gasteiger partial charge in [-0.3, -0.25) is 0 Å². The molecular weight excluding hydrogens is 312 g/mol. The van der Waals surface area contributed by atoms with Gasteiger partial charge in [0.05, 0.1) is 7.11 Å². The molecule has 0 radical (unpaired) electrons. The minimum Gasteiger partial charge on any atom is -0.466 e. The highest BCUT2D eigenvalue weighted by atomic mass is 16.5. The van der Waals surface area contributed by atoms with Crippen molar-refractivity contribution in [3.63, 3.8) is 0 Å². The Morgan fingerprint density at radius 1 is 1.08 bits per heavy atom. The zero-order valence-corrected chi connectivity index (χ0v) is 15.9. The fourth-order valence-corrected chi connectivity index (χ4v) is 7.43. The number of ether oxygens (including phenoxy) is 1. The molecule has 3 fully saturated rings. The van der Waals surface area contributed by atoms with Crippen molar-refractivity contribution in [1.82, 2.24) is 0 Å². The molecule has 0 spiro atoms. The average molecular weight is 344 g/mol. The van der Waals surface area contributed by atoms with Crippen LogP contribution in [0.2, 0.25) is 0 Å². The molecule has 0 heterocycles. The number of methoxy groups -OCH3 is 1. The first-order valence-corrected chi connectivity index (χ1v) is 10.2. The molecule has 3 heteroatoms. The Kier molecular flexibility index (Phi) is 4.12. The molecule has 0 amide bonds. The molecule has 138 valence electrons. The zero-order valence-electron chi connectivity index (χ0n) is 15.9. The summed E-state index contributed by atoms with van der Waals surface area (Å²) in [4.78, 5) is 23.6. The molecule has 0 saturated heterocycles. The third kappa shape index (κ3) is 2.37. The SMILES string of the molecule is COC(=O)C1=CC2CC[C@@H]3[C@@H](CC[C@]4(C)C(C=O)CC[C@@H]34)[C@@]2(C)CC1. The number of rotatable bonds is 2. The highest BCUT2D eigenvalue weighted by Crippen LogP contribution is 2.66. The Hall–Kier alpha value is -1.12. The Balaban J connectivity index is 1.61. The van der Waals surface area contributed by atoms with E-state index in [2.05, 4.69) is 19.9 Å². The van der Waals surface area contributed by atoms with E-state index < -0.39 is 0 Å². The van der Waals surface area contributed by atoms with Gasteiger partial charge in [0.25, 0.3) is 0 Å². The zero-order chi connectivity index (χ0) is 17.8. The summed E-state index contributed by atoms with van der Waals surface area (Å²) in [5, 5.41) is 0. The third-order valence-corrected chi connectivity index (χ3v) is 8.96. The fourth-order valence-electron chi connectivity index (χ4n) is 7.43. The van der Waals surface area contributed by atoms with E-state index in [4.69, 9.17) is 4.74 Å². The summed E-state index contributed by atoms with van der Waals surface area (Å²) in [5.41, 5.74) is 1.46. The van der Waals surface area contributed by atoms with Crippen molar-refractivity contribution < 1.29 is 14.3 Å². The van der Waals surface area contributed by atoms with Gasteiger partial charge in [0.2, 0.25) is 0 Å². The summed E-state index contributed by atoms with van der Waals surface area (Å²) in [7, 11) is 1.49. The maximum atomic E-state index is 12.0. The third-order valence-electron chi connectivity index (χ3n) is 8.96. The highest BCUT2D eigenvalue weighted by molar-refractivity contribution is 5.88. The van der Waals surface area contributed by atoms with Gasteiger partial charge in [0.1, 0.15) is 6.29 Å². The van der Waals surface area contributed by atoms with Crippen LogP contribution >= 0.6 is 0 Å². The monoisotopic (exact) mass is 344 g/mol. The molecule has 7 atom stereocenters. The molecular formula is C22H32O3. The second-order valence-electron chi connectivity index (χ2n) is 9.61. The molecule has 4 aliphatic rings. The Labute approximate surface area is 151 Å². The predicted molar refractivity (Wildman–Crippen MR) is 96.8 cm³/mol. The van der Waals surface area contributed by atoms with E-state index in [1.54, 1.807) is 0 Å². The highest BCUT2D eigenvalue weighted by Gasteiger charge is 2.59. The van der Waals surface area contributed by atoms with E-state index in [0.29, 0.717) is 11.3 Å². The minimum atomic E-state index is -0.134. The van der Waals surface area contributed by atoms with Gasteiger partial charge >= 0.3 is 5.97 Å². The van der Waals surface area contributed by atoms with Gasteiger partial charge in [-0.1, -0.05) is 19.9 Å². The second kappa shape index (κ2) is 5.96. The van der Waals surface area contributed by atoms with Crippen molar-refractivity contribution in [3.8, 4) is 0 Å². The van der Waals surface area contributed by atoms with Crippen molar-refractivity contribution in [2.45, 2.75) is 65.2 Å². The van der Waals surface area contributed by atoms with Crippen molar-refractivity contribution in [3.05, 3.63) is 11.6 Å². The molecule has 0 N–H and O–H groups in total. The van der Waals surface area contributed by atoms with Crippen LogP contribution in [0.4, 0.5) is 0 Å². The molecule has 0 aromatic rings. The number of aldehydes is 1. The maximum Gasteiger partial charge on any atom is 0.333 e. The van der Waals surface area contributed by atoms with Crippen molar-refractivity contribution in [1.29, 1.82) is 0 Å². The Morgan fingerprint density at radius 3 is 2.56 bits per heavy atom. The standard InChI is InChI=1S/C22H32O3/c1-21-10-8-14(20(24)25-3)12-15(21)4-6-17-18-7-5-16(13-23)22(18,2)11-9-19(17)21/h12-13,15-19H,4-11H2,1-3H3/t15?,16?,17-,18-,19+,21-,22+/m0/s1. The summed E-state index contributed by atoms with van der Waals surface area (Å²) in [6.45, 7) is 4.87. The normalized spacial score (nSPS) is 48.6. The lowest BCUT2D eigenvalue weighted by atomic mass is 9.45. The van der Waals surface area contributed by atoms with Crippen LogP contribution in [0.25, 0.3) is 0 Å². The number of hydrogen-bond acceptors (Lipinski definition) is 3. The molecule has 3 saturated carbocycles. The van der Waals surface area contributed by atoms with Gasteiger partial charge in [0.15, 0.2) is 0 Å². The number of fused-ring (bicyclic) bond motifs is 5. The van der Waals surface area contributed by atoms with Crippen LogP contribution in [0.3, 0.4) is 0 Å². The van der Waals surface area contributed by atoms with Crippen LogP contribution in [0.1, 0.15) is 65.2 Å². The van der Waals surface area contributed by atoms with E-state index in [0.717, 1.165) is 42.6 Å². The van der Waals surface area contributed by atoms with Gasteiger partial charge in [-0.05, 0) is 85.9 Å². The number of hydrogen-bond donors (Lipinski definition) is 0. The van der Waals surface area contributed by atoms with Crippen LogP contribution in [0, 0.1) is 40.4 Å². The van der Waals surface area contributed by atoms with Crippen LogP contribution in [-0.2, 0) is 14.3 Å². The lowest BCUT2D eigenvalue weighted by Crippen LogP contribution is -2.52. The van der Waals surface area contributed by atoms with Crippen LogP contribution < -0.4 is 0 Å². The summed E-state index contributed by atoms with van der Waals surface area (Å²) in [6, 6.07) is 0. The molecule has 0 aromatic carbocycles. The molecule has 2 unspecified atom stereocenters. The van der Waals surface area contributed by atoms with Crippen molar-refractivity contribution in [2.24, 2.45) is 40.4 Å². The summed E-state index contributed by atoms with van der Waals surface area (Å²) < 4.78 is 4.96. The van der Waals surface area contributed by atoms with Gasteiger partial charge in [0, 0.05) is 11.5 Å². The predicted octanol–water partition coefficient (Wildman–Crippen LogP) is 4.55. The fraction of sp³-hybridized carbons (Fsp3) is 0.818. The van der Waals surface area contributed by atoms with Crippen LogP contribution in [0.5, 0.6) is 0 Å². The Morgan fingerprint density at radius 2 is 1.84 bits per heavy atom. The number of carbonyl (C=O) groups is 2. The minimum absolute atomic E-state index is 0.134. The Bertz CT molecular complexity index is 608. The molecule has 0 aromatic heterocycles. The number of allylic oxidation sites excluding steroid dienone is 1. The van der Waals surface area contributed by atoms with E-state index in [9.17, 15) is 9.59 Å². The average Bonchev–Trinajstić information content (AvgIpc) is 2.96. The lowest BCUT2D eigenvalue weighted by molar-refractivity contribution is -0.137. The lowest BCUT2D eigenvalue weighted by Gasteiger charge is -2.59. The van der Waals surface area contributed by atoms with E-state index in [-0.39, 0.29) is 17.3 Å². The van der Waals surface area contributed by atoms with Crippen molar-refractivity contribution in [2.75, 3.05) is 7.11 Å². The van der Waals surface area contributed by atoms with E-state index in [1.807, 2.05) is 0 Å². The molecule has 3 nitrogen and oxygen atoms in total. The van der Waals surface area contributed by atoms with Gasteiger partial charge in [-0.15, -0.1) is 0 Å². The molecule has 4 aliphatic carbocycles. The molecule has 4 rings (SSSR count). The van der Waals surface area contributed by atoms with E-state index >= 15 is 0 Å². The smallest absolute Gasteiger partial charge is 0.333 e. The number of esters is 1. The molecule has 0 aliphatic heterocycles. The first-order chi connectivity index (χ1) is 11.9. The van der Waals surface area contributed by atoms with Gasteiger partial charge in [-0.25, -0.2) is 4.79 Å². The van der Waals surface area contributed by atoms with Gasteiger partial charge in [-0.2, -0.15) is 0 Å². The van der Waals surface area contributed by atoms with Gasteiger partial charge < -0.3 is 9.53 Å². The van der Waals surface area contributed by atoms with Crippen LogP contribution in [0.15, 0.2) is 11.6 Å². The quantitative estimate of drug-likeness (QED) is 0.545. The van der Waals surface area contributed by atoms with Crippen molar-refractivity contribution >= 4 is 12.3 Å².